The quantitative estimate of drug-likeness (QED) is 0.377. The average molecular weight is 501 g/mol. The van der Waals surface area contributed by atoms with Gasteiger partial charge in [0.05, 0.1) is 18.8 Å². The number of rotatable bonds is 10. The second-order valence-electron chi connectivity index (χ2n) is 9.55. The van der Waals surface area contributed by atoms with Gasteiger partial charge in [0.15, 0.2) is 6.29 Å². The Hall–Kier alpha value is -3.29. The van der Waals surface area contributed by atoms with Gasteiger partial charge in [-0.2, -0.15) is 0 Å². The smallest absolute Gasteiger partial charge is 0.217 e. The van der Waals surface area contributed by atoms with E-state index < -0.39 is 6.29 Å². The molecule has 6 heteroatoms. The van der Waals surface area contributed by atoms with Gasteiger partial charge in [0.1, 0.15) is 0 Å². The second-order valence-corrected chi connectivity index (χ2v) is 9.55. The van der Waals surface area contributed by atoms with E-state index >= 15 is 0 Å². The zero-order chi connectivity index (χ0) is 26.2. The van der Waals surface area contributed by atoms with Gasteiger partial charge in [-0.05, 0) is 34.9 Å². The highest BCUT2D eigenvalue weighted by atomic mass is 16.7. The Bertz CT molecular complexity index is 1180. The fourth-order valence-corrected chi connectivity index (χ4v) is 4.67. The van der Waals surface area contributed by atoms with Gasteiger partial charge >= 0.3 is 0 Å². The molecular formula is C31H36N2O4. The lowest BCUT2D eigenvalue weighted by Crippen LogP contribution is -2.37. The van der Waals surface area contributed by atoms with E-state index in [9.17, 15) is 9.90 Å². The molecule has 1 aliphatic heterocycles. The molecule has 0 aromatic heterocycles. The van der Waals surface area contributed by atoms with E-state index in [4.69, 9.17) is 9.47 Å². The van der Waals surface area contributed by atoms with E-state index in [0.717, 1.165) is 52.9 Å². The Morgan fingerprint density at radius 3 is 2.43 bits per heavy atom. The molecule has 4 rings (SSSR count). The summed E-state index contributed by atoms with van der Waals surface area (Å²) in [5, 5.41) is 12.3. The van der Waals surface area contributed by atoms with Crippen molar-refractivity contribution in [2.24, 2.45) is 0 Å². The van der Waals surface area contributed by atoms with E-state index in [1.54, 1.807) is 0 Å². The van der Waals surface area contributed by atoms with Gasteiger partial charge in [0.2, 0.25) is 5.91 Å². The number of hydrogen-bond acceptors (Lipinski definition) is 5. The van der Waals surface area contributed by atoms with Crippen LogP contribution in [0.4, 0.5) is 0 Å². The molecule has 0 saturated carbocycles. The maximum Gasteiger partial charge on any atom is 0.217 e. The molecule has 1 heterocycles. The topological polar surface area (TPSA) is 71.0 Å². The van der Waals surface area contributed by atoms with Gasteiger partial charge in [-0.3, -0.25) is 4.79 Å². The number of nitrogens with zero attached hydrogens (tertiary/aromatic N) is 1. The standard InChI is InChI=1S/C31H36N2O4/c1-4-17-33(3)20-28-18-30(25-11-9-23(21-34)10-12-25)37-31(36-28)26-15-13-24(14-16-26)29-8-6-5-7-27(29)19-32-22(2)35/h4-16,28,30-31,34H,1,17-21H2,2-3H3,(H,32,35)/t28-,30+,31+/m1/s1. The third-order valence-corrected chi connectivity index (χ3v) is 6.61. The molecule has 1 aliphatic rings. The minimum absolute atomic E-state index is 0.00993. The Labute approximate surface area is 219 Å². The van der Waals surface area contributed by atoms with Crippen LogP contribution in [0.15, 0.2) is 85.5 Å². The lowest BCUT2D eigenvalue weighted by Gasteiger charge is -2.37. The van der Waals surface area contributed by atoms with Gasteiger partial charge in [0.25, 0.3) is 0 Å². The first-order valence-electron chi connectivity index (χ1n) is 12.7. The van der Waals surface area contributed by atoms with Crippen LogP contribution in [0.1, 0.15) is 48.0 Å². The first-order valence-corrected chi connectivity index (χ1v) is 12.7. The van der Waals surface area contributed by atoms with Crippen molar-refractivity contribution in [2.45, 2.75) is 45.0 Å². The summed E-state index contributed by atoms with van der Waals surface area (Å²) in [6.45, 7) is 7.43. The predicted molar refractivity (Wildman–Crippen MR) is 146 cm³/mol. The number of benzene rings is 3. The Balaban J connectivity index is 1.56. The number of ether oxygens (including phenoxy) is 2. The molecule has 0 radical (unpaired) electrons. The van der Waals surface area contributed by atoms with Gasteiger partial charge in [-0.1, -0.05) is 78.9 Å². The molecular weight excluding hydrogens is 464 g/mol. The Morgan fingerprint density at radius 2 is 1.76 bits per heavy atom. The second kappa shape index (κ2) is 12.8. The predicted octanol–water partition coefficient (Wildman–Crippen LogP) is 5.15. The Kier molecular flexibility index (Phi) is 9.25. The van der Waals surface area contributed by atoms with E-state index in [0.29, 0.717) is 6.54 Å². The van der Waals surface area contributed by atoms with Gasteiger partial charge in [-0.15, -0.1) is 6.58 Å². The van der Waals surface area contributed by atoms with Crippen LogP contribution in [0.2, 0.25) is 0 Å². The molecule has 3 aromatic rings. The highest BCUT2D eigenvalue weighted by Crippen LogP contribution is 2.38. The van der Waals surface area contributed by atoms with Crippen LogP contribution in [-0.4, -0.2) is 42.2 Å². The SMILES string of the molecule is C=CCN(C)C[C@H]1C[C@@H](c2ccc(CO)cc2)O[C@@H](c2ccc(-c3ccccc3CNC(C)=O)cc2)O1. The summed E-state index contributed by atoms with van der Waals surface area (Å²) < 4.78 is 12.9. The van der Waals surface area contributed by atoms with Crippen molar-refractivity contribution in [1.29, 1.82) is 0 Å². The van der Waals surface area contributed by atoms with Crippen LogP contribution in [0.3, 0.4) is 0 Å². The monoisotopic (exact) mass is 500 g/mol. The summed E-state index contributed by atoms with van der Waals surface area (Å²) in [6.07, 6.45) is 2.01. The summed E-state index contributed by atoms with van der Waals surface area (Å²) >= 11 is 0. The van der Waals surface area contributed by atoms with E-state index in [2.05, 4.69) is 54.2 Å². The molecule has 0 unspecified atom stereocenters. The number of aliphatic hydroxyl groups is 1. The van der Waals surface area contributed by atoms with E-state index in [1.165, 1.54) is 6.92 Å². The number of aliphatic hydroxyl groups excluding tert-OH is 1. The van der Waals surface area contributed by atoms with Crippen molar-refractivity contribution < 1.29 is 19.4 Å². The van der Waals surface area contributed by atoms with Crippen LogP contribution >= 0.6 is 0 Å². The van der Waals surface area contributed by atoms with Crippen LogP contribution in [0, 0.1) is 0 Å². The van der Waals surface area contributed by atoms with Crippen molar-refractivity contribution in [3.8, 4) is 11.1 Å². The lowest BCUT2D eigenvalue weighted by atomic mass is 9.97. The van der Waals surface area contributed by atoms with Gasteiger partial charge in [-0.25, -0.2) is 0 Å². The summed E-state index contributed by atoms with van der Waals surface area (Å²) in [5.74, 6) is -0.0504. The number of nitrogens with one attached hydrogen (secondary N) is 1. The fourth-order valence-electron chi connectivity index (χ4n) is 4.67. The normalized spacial score (nSPS) is 19.5. The van der Waals surface area contributed by atoms with Gasteiger partial charge in [0, 0.05) is 38.5 Å². The molecule has 3 aromatic carbocycles. The van der Waals surface area contributed by atoms with Crippen molar-refractivity contribution in [3.63, 3.8) is 0 Å². The zero-order valence-corrected chi connectivity index (χ0v) is 21.6. The summed E-state index contributed by atoms with van der Waals surface area (Å²) in [7, 11) is 2.06. The van der Waals surface area contributed by atoms with Crippen molar-refractivity contribution in [2.75, 3.05) is 20.1 Å². The van der Waals surface area contributed by atoms with Crippen LogP contribution in [-0.2, 0) is 27.4 Å². The van der Waals surface area contributed by atoms with Crippen molar-refractivity contribution >= 4 is 5.91 Å². The molecule has 1 fully saturated rings. The number of amides is 1. The highest BCUT2D eigenvalue weighted by Gasteiger charge is 2.32. The largest absolute Gasteiger partial charge is 0.392 e. The third-order valence-electron chi connectivity index (χ3n) is 6.61. The maximum absolute atomic E-state index is 11.4. The van der Waals surface area contributed by atoms with E-state index in [-0.39, 0.29) is 24.7 Å². The summed E-state index contributed by atoms with van der Waals surface area (Å²) in [5.41, 5.74) is 6.12. The minimum atomic E-state index is -0.498. The minimum Gasteiger partial charge on any atom is -0.392 e. The van der Waals surface area contributed by atoms with Crippen molar-refractivity contribution in [3.05, 3.63) is 108 Å². The molecule has 0 bridgehead atoms. The number of carbonyl (C=O) groups excluding carboxylic acids is 1. The highest BCUT2D eigenvalue weighted by molar-refractivity contribution is 5.74. The Morgan fingerprint density at radius 1 is 1.05 bits per heavy atom. The molecule has 37 heavy (non-hydrogen) atoms. The van der Waals surface area contributed by atoms with E-state index in [1.807, 2.05) is 48.5 Å². The lowest BCUT2D eigenvalue weighted by molar-refractivity contribution is -0.252. The maximum atomic E-state index is 11.4. The molecule has 1 amide bonds. The zero-order valence-electron chi connectivity index (χ0n) is 21.6. The van der Waals surface area contributed by atoms with Crippen LogP contribution < -0.4 is 5.32 Å². The molecule has 3 atom stereocenters. The number of hydrogen-bond donors (Lipinski definition) is 2. The van der Waals surface area contributed by atoms with Crippen LogP contribution in [0.25, 0.3) is 11.1 Å². The average Bonchev–Trinajstić information content (AvgIpc) is 2.92. The fraction of sp³-hybridized carbons (Fsp3) is 0.323. The third kappa shape index (κ3) is 7.14. The van der Waals surface area contributed by atoms with Crippen LogP contribution in [0.5, 0.6) is 0 Å². The number of carbonyl (C=O) groups is 1. The molecule has 0 aliphatic carbocycles. The first-order chi connectivity index (χ1) is 18.0. The van der Waals surface area contributed by atoms with Gasteiger partial charge < -0.3 is 24.8 Å². The first kappa shape index (κ1) is 26.8. The molecule has 194 valence electrons. The molecule has 0 spiro atoms. The van der Waals surface area contributed by atoms with Crippen molar-refractivity contribution in [1.82, 2.24) is 10.2 Å². The molecule has 1 saturated heterocycles. The molecule has 2 N–H and O–H groups in total. The number of likely N-dealkylation sites (N-methyl/N-ethyl adjacent to an activating group) is 1. The summed E-state index contributed by atoms with van der Waals surface area (Å²) in [4.78, 5) is 13.6. The summed E-state index contributed by atoms with van der Waals surface area (Å²) in [6, 6.07) is 24.3. The molecule has 6 nitrogen and oxygen atoms in total.